The molecule has 0 atom stereocenters. The van der Waals surface area contributed by atoms with Crippen LogP contribution in [0.4, 0.5) is 11.6 Å². The van der Waals surface area contributed by atoms with Gasteiger partial charge in [0.15, 0.2) is 11.3 Å². The second-order valence-corrected chi connectivity index (χ2v) is 15.4. The standard InChI is InChI=1S/2C15H13Cl3N5.C6H8O4.Pt/c2*1-8(2)23-7-20-12-13(21-15(18)22-14(12)23)19-6-9-3-4-10(16)11(17)5-9;7-4(8)6(5(9)10)2-1-3-6;/h2*3-5,7-8H,6H2,1-2H3;1-3H2,(H,7,8)(H,9,10);/q2*-1;;+4/p-2. The van der Waals surface area contributed by atoms with Crippen molar-refractivity contribution in [3.8, 4) is 0 Å². The van der Waals surface area contributed by atoms with E-state index in [0.717, 1.165) is 11.1 Å². The summed E-state index contributed by atoms with van der Waals surface area (Å²) >= 11 is 35.9. The van der Waals surface area contributed by atoms with E-state index in [1.165, 1.54) is 0 Å². The van der Waals surface area contributed by atoms with E-state index >= 15 is 0 Å². The molecule has 0 aliphatic heterocycles. The number of benzene rings is 2. The van der Waals surface area contributed by atoms with E-state index in [-0.39, 0.29) is 56.6 Å². The smallest absolute Gasteiger partial charge is 0.549 e. The van der Waals surface area contributed by atoms with E-state index in [0.29, 0.717) is 73.6 Å². The summed E-state index contributed by atoms with van der Waals surface area (Å²) in [5, 5.41) is 31.7. The summed E-state index contributed by atoms with van der Waals surface area (Å²) in [6, 6.07) is 11.2. The van der Waals surface area contributed by atoms with E-state index in [1.807, 2.05) is 49.0 Å². The summed E-state index contributed by atoms with van der Waals surface area (Å²) in [5.41, 5.74) is 2.78. The molecule has 14 nitrogen and oxygen atoms in total. The normalized spacial score (nSPS) is 12.9. The Hall–Kier alpha value is -3.49. The van der Waals surface area contributed by atoms with E-state index in [1.54, 1.807) is 36.9 Å². The fourth-order valence-electron chi connectivity index (χ4n) is 5.36. The first kappa shape index (κ1) is 46.2. The molecule has 0 N–H and O–H groups in total. The third kappa shape index (κ3) is 11.0. The third-order valence-corrected chi connectivity index (χ3v) is 10.5. The van der Waals surface area contributed by atoms with E-state index in [9.17, 15) is 19.8 Å². The van der Waals surface area contributed by atoms with Gasteiger partial charge in [0.05, 0.1) is 44.7 Å². The van der Waals surface area contributed by atoms with Gasteiger partial charge in [0, 0.05) is 17.5 Å². The van der Waals surface area contributed by atoms with Crippen molar-refractivity contribution in [3.05, 3.63) is 101 Å². The minimum Gasteiger partial charge on any atom is -0.549 e. The summed E-state index contributed by atoms with van der Waals surface area (Å²) in [5.74, 6) is -2.10. The molecular formula is C36H32Cl6N10O4Pt. The van der Waals surface area contributed by atoms with Crippen LogP contribution in [-0.4, -0.2) is 51.0 Å². The molecule has 0 spiro atoms. The first-order valence-corrected chi connectivity index (χ1v) is 19.2. The maximum absolute atomic E-state index is 10.2. The molecule has 1 aliphatic carbocycles. The van der Waals surface area contributed by atoms with Gasteiger partial charge >= 0.3 is 21.1 Å². The van der Waals surface area contributed by atoms with Crippen molar-refractivity contribution in [1.29, 1.82) is 0 Å². The van der Waals surface area contributed by atoms with Gasteiger partial charge in [0.25, 0.3) is 0 Å². The van der Waals surface area contributed by atoms with Crippen molar-refractivity contribution in [2.45, 2.75) is 72.1 Å². The van der Waals surface area contributed by atoms with Crippen LogP contribution in [0.2, 0.25) is 30.7 Å². The fraction of sp³-hybridized carbons (Fsp3) is 0.333. The molecule has 4 aromatic heterocycles. The van der Waals surface area contributed by atoms with Crippen molar-refractivity contribution in [2.24, 2.45) is 5.41 Å². The van der Waals surface area contributed by atoms with Gasteiger partial charge in [0.1, 0.15) is 21.6 Å². The van der Waals surface area contributed by atoms with Gasteiger partial charge < -0.3 is 49.5 Å². The molecule has 0 radical (unpaired) electrons. The Morgan fingerprint density at radius 3 is 1.33 bits per heavy atom. The average Bonchev–Trinajstić information content (AvgIpc) is 3.74. The first-order chi connectivity index (χ1) is 26.5. The predicted octanol–water partition coefficient (Wildman–Crippen LogP) is 8.80. The number of carboxylic acids is 2. The Balaban J connectivity index is 0.000000202. The first-order valence-electron chi connectivity index (χ1n) is 17.0. The summed E-state index contributed by atoms with van der Waals surface area (Å²) < 4.78 is 3.86. The van der Waals surface area contributed by atoms with Gasteiger partial charge in [-0.05, 0) is 101 Å². The molecule has 0 saturated heterocycles. The minimum absolute atomic E-state index is 0. The van der Waals surface area contributed by atoms with E-state index in [4.69, 9.17) is 69.6 Å². The number of nitrogens with zero attached hydrogens (tertiary/aromatic N) is 10. The van der Waals surface area contributed by atoms with Crippen molar-refractivity contribution in [1.82, 2.24) is 39.0 Å². The average molecular weight is 1080 g/mol. The van der Waals surface area contributed by atoms with Gasteiger partial charge in [-0.3, -0.25) is 0 Å². The van der Waals surface area contributed by atoms with E-state index < -0.39 is 17.4 Å². The second kappa shape index (κ2) is 20.0. The summed E-state index contributed by atoms with van der Waals surface area (Å²) in [6.07, 6.45) is 4.37. The predicted molar refractivity (Wildman–Crippen MR) is 214 cm³/mol. The van der Waals surface area contributed by atoms with Crippen molar-refractivity contribution < 1.29 is 40.9 Å². The van der Waals surface area contributed by atoms with E-state index in [2.05, 4.69) is 40.5 Å². The molecule has 2 aromatic carbocycles. The minimum atomic E-state index is -1.67. The number of aliphatic carboxylic acids is 2. The Labute approximate surface area is 371 Å². The van der Waals surface area contributed by atoms with Gasteiger partial charge in [-0.1, -0.05) is 88.2 Å². The molecule has 57 heavy (non-hydrogen) atoms. The van der Waals surface area contributed by atoms with Crippen LogP contribution in [0, 0.1) is 5.41 Å². The topological polar surface area (TPSA) is 196 Å². The number of aromatic nitrogens is 8. The van der Waals surface area contributed by atoms with Crippen LogP contribution in [0.25, 0.3) is 33.0 Å². The molecule has 302 valence electrons. The summed E-state index contributed by atoms with van der Waals surface area (Å²) in [7, 11) is 0. The van der Waals surface area contributed by atoms with Crippen molar-refractivity contribution in [3.63, 3.8) is 0 Å². The quantitative estimate of drug-likeness (QED) is 0.0945. The van der Waals surface area contributed by atoms with Crippen molar-refractivity contribution >= 4 is 116 Å². The van der Waals surface area contributed by atoms with Crippen LogP contribution in [0.1, 0.15) is 70.2 Å². The maximum atomic E-state index is 10.2. The summed E-state index contributed by atoms with van der Waals surface area (Å²) in [4.78, 5) is 46.0. The second-order valence-electron chi connectivity index (χ2n) is 13.1. The van der Waals surface area contributed by atoms with Gasteiger partial charge in [-0.15, -0.1) is 0 Å². The summed E-state index contributed by atoms with van der Waals surface area (Å²) in [6.45, 7) is 8.97. The number of rotatable bonds is 10. The van der Waals surface area contributed by atoms with Crippen molar-refractivity contribution in [2.75, 3.05) is 0 Å². The van der Waals surface area contributed by atoms with Gasteiger partial charge in [0.2, 0.25) is 0 Å². The zero-order chi connectivity index (χ0) is 40.9. The number of halogens is 6. The Kier molecular flexibility index (Phi) is 16.2. The molecule has 0 bridgehead atoms. The molecule has 6 aromatic rings. The van der Waals surface area contributed by atoms with Crippen LogP contribution >= 0.6 is 69.6 Å². The Morgan fingerprint density at radius 2 is 1.05 bits per heavy atom. The monoisotopic (exact) mass is 1070 g/mol. The molecule has 1 saturated carbocycles. The van der Waals surface area contributed by atoms with Crippen LogP contribution in [-0.2, 0) is 43.7 Å². The van der Waals surface area contributed by atoms with Crippen LogP contribution in [0.5, 0.6) is 0 Å². The SMILES string of the molecule is CC(C)n1cnc2c([N-]Cc3ccc(Cl)c(Cl)c3)nc(Cl)nc21.CC(C)n1cnc2c([N-]Cc3ccc(Cl)c(Cl)c3)nc(Cl)nc21.O=C([O-])C1(C(=O)[O-])CCC1.[Pt+4]. The van der Waals surface area contributed by atoms with Gasteiger partial charge in [-0.25, -0.2) is 19.9 Å². The number of hydrogen-bond acceptors (Lipinski definition) is 10. The number of carboxylic acid groups (broad SMARTS) is 2. The molecule has 1 aliphatic rings. The fourth-order valence-corrected chi connectivity index (χ4v) is 6.32. The molecule has 0 unspecified atom stereocenters. The molecule has 0 amide bonds. The number of carbonyl (C=O) groups excluding carboxylic acids is 2. The number of imidazole rings is 2. The zero-order valence-electron chi connectivity index (χ0n) is 30.5. The van der Waals surface area contributed by atoms with Gasteiger partial charge in [-0.2, -0.15) is 0 Å². The molecule has 4 heterocycles. The molecular weight excluding hydrogens is 1040 g/mol. The maximum Gasteiger partial charge on any atom is 4.00 e. The molecule has 7 rings (SSSR count). The van der Waals surface area contributed by atoms with Crippen LogP contribution in [0.3, 0.4) is 0 Å². The molecule has 1 fully saturated rings. The number of carbonyl (C=O) groups is 2. The molecule has 21 heteroatoms. The largest absolute Gasteiger partial charge is 4.00 e. The Bertz CT molecular complexity index is 2230. The number of fused-ring (bicyclic) bond motifs is 2. The van der Waals surface area contributed by atoms with Crippen LogP contribution < -0.4 is 10.2 Å². The van der Waals surface area contributed by atoms with Crippen LogP contribution in [0.15, 0.2) is 49.1 Å². The zero-order valence-corrected chi connectivity index (χ0v) is 37.3. The Morgan fingerprint density at radius 1 is 0.667 bits per heavy atom. The third-order valence-electron chi connectivity index (χ3n) is 8.64. The number of hydrogen-bond donors (Lipinski definition) is 0.